The van der Waals surface area contributed by atoms with Crippen LogP contribution in [0.1, 0.15) is 44.0 Å². The van der Waals surface area contributed by atoms with Gasteiger partial charge in [0.15, 0.2) is 0 Å². The molecule has 0 amide bonds. The molecule has 0 saturated carbocycles. The van der Waals surface area contributed by atoms with Gasteiger partial charge in [0.05, 0.1) is 6.04 Å². The summed E-state index contributed by atoms with van der Waals surface area (Å²) < 4.78 is 2.12. The van der Waals surface area contributed by atoms with Crippen molar-refractivity contribution in [2.24, 2.45) is 5.73 Å². The summed E-state index contributed by atoms with van der Waals surface area (Å²) in [6.45, 7) is 6.22. The third-order valence-corrected chi connectivity index (χ3v) is 3.02. The fraction of sp³-hybridized carbons (Fsp3) is 0.800. The van der Waals surface area contributed by atoms with Crippen molar-refractivity contribution < 1.29 is 0 Å². The minimum absolute atomic E-state index is 0.000972. The Kier molecular flexibility index (Phi) is 4.60. The van der Waals surface area contributed by atoms with Crippen LogP contribution in [0.5, 0.6) is 0 Å². The summed E-state index contributed by atoms with van der Waals surface area (Å²) >= 11 is 1.81. The lowest BCUT2D eigenvalue weighted by Gasteiger charge is -2.16. The number of hydrogen-bond donors (Lipinski definition) is 1. The Bertz CT molecular complexity index is 308. The third kappa shape index (κ3) is 2.95. The molecule has 5 heteroatoms. The van der Waals surface area contributed by atoms with Gasteiger partial charge in [0, 0.05) is 6.04 Å². The van der Waals surface area contributed by atoms with Crippen LogP contribution in [0.15, 0.2) is 0 Å². The summed E-state index contributed by atoms with van der Waals surface area (Å²) in [5, 5.41) is 8.26. The van der Waals surface area contributed by atoms with Gasteiger partial charge in [-0.3, -0.25) is 0 Å². The van der Waals surface area contributed by atoms with Crippen LogP contribution in [0, 0.1) is 6.92 Å². The number of hydrogen-bond acceptors (Lipinski definition) is 4. The van der Waals surface area contributed by atoms with Gasteiger partial charge in [-0.05, 0) is 39.2 Å². The zero-order valence-electron chi connectivity index (χ0n) is 9.90. The maximum absolute atomic E-state index is 6.10. The van der Waals surface area contributed by atoms with Crippen LogP contribution in [-0.2, 0) is 0 Å². The molecule has 0 aromatic carbocycles. The Morgan fingerprint density at radius 3 is 2.60 bits per heavy atom. The van der Waals surface area contributed by atoms with Crippen LogP contribution in [0.25, 0.3) is 0 Å². The molecule has 2 N–H and O–H groups in total. The van der Waals surface area contributed by atoms with E-state index in [0.717, 1.165) is 23.8 Å². The average molecular weight is 228 g/mol. The lowest BCUT2D eigenvalue weighted by atomic mass is 10.2. The summed E-state index contributed by atoms with van der Waals surface area (Å²) in [4.78, 5) is 0. The largest absolute Gasteiger partial charge is 0.321 e. The van der Waals surface area contributed by atoms with Crippen LogP contribution >= 0.6 is 11.8 Å². The summed E-state index contributed by atoms with van der Waals surface area (Å²) in [6.07, 6.45) is 3.04. The Morgan fingerprint density at radius 1 is 1.40 bits per heavy atom. The number of nitrogens with two attached hydrogens (primary N) is 1. The van der Waals surface area contributed by atoms with Crippen molar-refractivity contribution in [3.63, 3.8) is 0 Å². The predicted octanol–water partition coefficient (Wildman–Crippen LogP) is 1.92. The van der Waals surface area contributed by atoms with Crippen molar-refractivity contribution in [2.75, 3.05) is 12.0 Å². The number of aryl methyl sites for hydroxylation is 1. The molecule has 4 nitrogen and oxygen atoms in total. The second kappa shape index (κ2) is 5.51. The van der Waals surface area contributed by atoms with Crippen molar-refractivity contribution in [1.82, 2.24) is 14.8 Å². The average Bonchev–Trinajstić information content (AvgIpc) is 2.56. The molecule has 0 aliphatic rings. The first-order valence-corrected chi connectivity index (χ1v) is 6.63. The Balaban J connectivity index is 2.83. The fourth-order valence-corrected chi connectivity index (χ4v) is 2.14. The van der Waals surface area contributed by atoms with Gasteiger partial charge in [0.2, 0.25) is 0 Å². The second-order valence-electron chi connectivity index (χ2n) is 3.96. The van der Waals surface area contributed by atoms with Crippen LogP contribution in [0.2, 0.25) is 0 Å². The molecule has 0 radical (unpaired) electrons. The van der Waals surface area contributed by atoms with E-state index in [9.17, 15) is 0 Å². The van der Waals surface area contributed by atoms with E-state index < -0.39 is 0 Å². The van der Waals surface area contributed by atoms with Gasteiger partial charge in [0.1, 0.15) is 11.6 Å². The third-order valence-electron chi connectivity index (χ3n) is 2.37. The van der Waals surface area contributed by atoms with Gasteiger partial charge in [0.25, 0.3) is 0 Å². The lowest BCUT2D eigenvalue weighted by Crippen LogP contribution is -2.19. The minimum atomic E-state index is 0.000972. The van der Waals surface area contributed by atoms with Crippen LogP contribution < -0.4 is 5.73 Å². The molecule has 0 bridgehead atoms. The molecule has 0 aliphatic carbocycles. The van der Waals surface area contributed by atoms with Crippen molar-refractivity contribution in [1.29, 1.82) is 0 Å². The molecule has 86 valence electrons. The molecule has 1 aromatic rings. The van der Waals surface area contributed by atoms with E-state index in [-0.39, 0.29) is 6.04 Å². The first-order valence-electron chi connectivity index (χ1n) is 5.23. The van der Waals surface area contributed by atoms with Gasteiger partial charge in [-0.15, -0.1) is 10.2 Å². The zero-order chi connectivity index (χ0) is 11.4. The van der Waals surface area contributed by atoms with E-state index in [1.54, 1.807) is 0 Å². The second-order valence-corrected chi connectivity index (χ2v) is 4.94. The Morgan fingerprint density at radius 2 is 2.07 bits per heavy atom. The van der Waals surface area contributed by atoms with Gasteiger partial charge in [-0.25, -0.2) is 0 Å². The number of thioether (sulfide) groups is 1. The molecule has 15 heavy (non-hydrogen) atoms. The Hall–Kier alpha value is -0.550. The molecule has 1 rings (SSSR count). The molecular weight excluding hydrogens is 208 g/mol. The van der Waals surface area contributed by atoms with Gasteiger partial charge < -0.3 is 10.3 Å². The quantitative estimate of drug-likeness (QED) is 0.836. The molecule has 0 saturated heterocycles. The maximum Gasteiger partial charge on any atom is 0.150 e. The highest BCUT2D eigenvalue weighted by Gasteiger charge is 2.17. The molecule has 0 aliphatic heterocycles. The SMILES string of the molecule is CSCC[C@@H](N)c1nnc(C)n1C(C)C. The van der Waals surface area contributed by atoms with Gasteiger partial charge in [-0.2, -0.15) is 11.8 Å². The van der Waals surface area contributed by atoms with Crippen molar-refractivity contribution in [3.8, 4) is 0 Å². The number of nitrogens with zero attached hydrogens (tertiary/aromatic N) is 3. The monoisotopic (exact) mass is 228 g/mol. The fourth-order valence-electron chi connectivity index (χ4n) is 1.65. The van der Waals surface area contributed by atoms with E-state index in [0.29, 0.717) is 6.04 Å². The van der Waals surface area contributed by atoms with Crippen molar-refractivity contribution >= 4 is 11.8 Å². The smallest absolute Gasteiger partial charge is 0.150 e. The molecular formula is C10H20N4S. The number of aromatic nitrogens is 3. The van der Waals surface area contributed by atoms with Gasteiger partial charge in [-0.1, -0.05) is 0 Å². The normalized spacial score (nSPS) is 13.5. The standard InChI is InChI=1S/C10H20N4S/c1-7(2)14-8(3)12-13-10(14)9(11)5-6-15-4/h7,9H,5-6,11H2,1-4H3/t9-/m1/s1. The van der Waals surface area contributed by atoms with E-state index in [2.05, 4.69) is 34.9 Å². The molecule has 1 aromatic heterocycles. The highest BCUT2D eigenvalue weighted by Crippen LogP contribution is 2.19. The predicted molar refractivity (Wildman–Crippen MR) is 65.1 cm³/mol. The molecule has 0 fully saturated rings. The van der Waals surface area contributed by atoms with E-state index in [1.807, 2.05) is 18.7 Å². The highest BCUT2D eigenvalue weighted by molar-refractivity contribution is 7.98. The van der Waals surface area contributed by atoms with Crippen LogP contribution in [0.3, 0.4) is 0 Å². The minimum Gasteiger partial charge on any atom is -0.321 e. The summed E-state index contributed by atoms with van der Waals surface area (Å²) in [7, 11) is 0. The topological polar surface area (TPSA) is 56.7 Å². The van der Waals surface area contributed by atoms with Gasteiger partial charge >= 0.3 is 0 Å². The van der Waals surface area contributed by atoms with Crippen LogP contribution in [0.4, 0.5) is 0 Å². The molecule has 1 atom stereocenters. The van der Waals surface area contributed by atoms with Crippen LogP contribution in [-0.4, -0.2) is 26.8 Å². The number of rotatable bonds is 5. The first kappa shape index (κ1) is 12.5. The van der Waals surface area contributed by atoms with E-state index >= 15 is 0 Å². The van der Waals surface area contributed by atoms with Crippen molar-refractivity contribution in [2.45, 2.75) is 39.3 Å². The first-order chi connectivity index (χ1) is 7.07. The Labute approximate surface area is 95.6 Å². The highest BCUT2D eigenvalue weighted by atomic mass is 32.2. The van der Waals surface area contributed by atoms with E-state index in [4.69, 9.17) is 5.73 Å². The van der Waals surface area contributed by atoms with E-state index in [1.165, 1.54) is 0 Å². The summed E-state index contributed by atoms with van der Waals surface area (Å²) in [5.41, 5.74) is 6.10. The summed E-state index contributed by atoms with van der Waals surface area (Å²) in [6, 6.07) is 0.372. The zero-order valence-corrected chi connectivity index (χ0v) is 10.7. The maximum atomic E-state index is 6.10. The summed E-state index contributed by atoms with van der Waals surface area (Å²) in [5.74, 6) is 2.92. The molecule has 0 spiro atoms. The molecule has 0 unspecified atom stereocenters. The van der Waals surface area contributed by atoms with Crippen molar-refractivity contribution in [3.05, 3.63) is 11.6 Å². The molecule has 1 heterocycles. The lowest BCUT2D eigenvalue weighted by molar-refractivity contribution is 0.515.